The molecule has 0 fully saturated rings. The van der Waals surface area contributed by atoms with Crippen LogP contribution in [0.5, 0.6) is 0 Å². The van der Waals surface area contributed by atoms with Crippen LogP contribution in [0, 0.1) is 0 Å². The van der Waals surface area contributed by atoms with Crippen LogP contribution in [-0.4, -0.2) is 29.6 Å². The summed E-state index contributed by atoms with van der Waals surface area (Å²) in [5, 5.41) is 16.7. The van der Waals surface area contributed by atoms with Gasteiger partial charge in [-0.2, -0.15) is 0 Å². The number of halogens is 1. The summed E-state index contributed by atoms with van der Waals surface area (Å²) in [6, 6.07) is 16.6. The minimum absolute atomic E-state index is 0.509. The van der Waals surface area contributed by atoms with E-state index >= 15 is 0 Å². The van der Waals surface area contributed by atoms with Crippen molar-refractivity contribution in [3.63, 3.8) is 0 Å². The molecule has 168 valence electrons. The second-order valence-corrected chi connectivity index (χ2v) is 9.25. The zero-order valence-corrected chi connectivity index (χ0v) is 20.0. The molecule has 3 heteroatoms. The number of hydrogen-bond donors (Lipinski definition) is 1. The van der Waals surface area contributed by atoms with Crippen molar-refractivity contribution in [2.75, 3.05) is 19.6 Å². The van der Waals surface area contributed by atoms with Crippen molar-refractivity contribution in [3.05, 3.63) is 59.1 Å². The number of hydrogen-bond acceptors (Lipinski definition) is 2. The van der Waals surface area contributed by atoms with Crippen molar-refractivity contribution in [1.82, 2.24) is 4.90 Å². The molecule has 0 aliphatic heterocycles. The Morgan fingerprint density at radius 1 is 0.774 bits per heavy atom. The number of aliphatic hydroxyl groups is 1. The maximum absolute atomic E-state index is 11.3. The highest BCUT2D eigenvalue weighted by molar-refractivity contribution is 6.32. The maximum Gasteiger partial charge on any atom is 0.0923 e. The van der Waals surface area contributed by atoms with E-state index in [1.165, 1.54) is 56.8 Å². The molecular weight excluding hydrogens is 402 g/mol. The smallest absolute Gasteiger partial charge is 0.0923 e. The molecule has 0 amide bonds. The van der Waals surface area contributed by atoms with Crippen LogP contribution >= 0.6 is 11.6 Å². The molecule has 0 bridgehead atoms. The van der Waals surface area contributed by atoms with Crippen molar-refractivity contribution >= 4 is 33.1 Å². The van der Waals surface area contributed by atoms with E-state index in [0.717, 1.165) is 39.8 Å². The number of fused-ring (bicyclic) bond motifs is 3. The van der Waals surface area contributed by atoms with E-state index in [0.29, 0.717) is 6.54 Å². The third-order valence-corrected chi connectivity index (χ3v) is 6.54. The SMILES string of the molecule is CCCCCCN(CCCCCC)CC(O)c1cc2ccccc2c2cc(Cl)ccc12. The predicted molar refractivity (Wildman–Crippen MR) is 136 cm³/mol. The Morgan fingerprint density at radius 3 is 2.13 bits per heavy atom. The number of nitrogens with zero attached hydrogens (tertiary/aromatic N) is 1. The summed E-state index contributed by atoms with van der Waals surface area (Å²) in [4.78, 5) is 2.48. The Hall–Kier alpha value is -1.61. The van der Waals surface area contributed by atoms with Crippen LogP contribution in [0.1, 0.15) is 76.9 Å². The summed E-state index contributed by atoms with van der Waals surface area (Å²) >= 11 is 6.33. The fourth-order valence-electron chi connectivity index (χ4n) is 4.54. The van der Waals surface area contributed by atoms with Crippen LogP contribution in [0.25, 0.3) is 21.5 Å². The average molecular weight is 440 g/mol. The van der Waals surface area contributed by atoms with Gasteiger partial charge in [0.2, 0.25) is 0 Å². The first kappa shape index (κ1) is 24.0. The number of benzene rings is 3. The summed E-state index contributed by atoms with van der Waals surface area (Å²) in [6.45, 7) is 7.34. The molecule has 0 aromatic heterocycles. The highest BCUT2D eigenvalue weighted by Gasteiger charge is 2.17. The fourth-order valence-corrected chi connectivity index (χ4v) is 4.71. The van der Waals surface area contributed by atoms with Crippen LogP contribution in [0.15, 0.2) is 48.5 Å². The summed E-state index contributed by atoms with van der Waals surface area (Å²) < 4.78 is 0. The molecule has 0 saturated carbocycles. The van der Waals surface area contributed by atoms with E-state index in [4.69, 9.17) is 11.6 Å². The van der Waals surface area contributed by atoms with E-state index in [1.54, 1.807) is 0 Å². The molecule has 1 atom stereocenters. The van der Waals surface area contributed by atoms with E-state index in [1.807, 2.05) is 12.1 Å². The number of rotatable bonds is 13. The summed E-state index contributed by atoms with van der Waals surface area (Å²) in [7, 11) is 0. The standard InChI is InChI=1S/C28H38ClNO/c1-3-5-7-11-17-30(18-12-8-6-4-2)21-28(31)27-19-22-13-9-10-14-24(22)26-20-23(29)15-16-25(26)27/h9-10,13-16,19-20,28,31H,3-8,11-12,17-18,21H2,1-2H3. The van der Waals surface area contributed by atoms with E-state index in [2.05, 4.69) is 55.1 Å². The van der Waals surface area contributed by atoms with Crippen molar-refractivity contribution in [2.24, 2.45) is 0 Å². The minimum Gasteiger partial charge on any atom is -0.387 e. The predicted octanol–water partition coefficient (Wildman–Crippen LogP) is 8.14. The third-order valence-electron chi connectivity index (χ3n) is 6.30. The first-order valence-electron chi connectivity index (χ1n) is 12.1. The van der Waals surface area contributed by atoms with Gasteiger partial charge in [0, 0.05) is 11.6 Å². The monoisotopic (exact) mass is 439 g/mol. The van der Waals surface area contributed by atoms with Crippen molar-refractivity contribution in [2.45, 2.75) is 71.3 Å². The van der Waals surface area contributed by atoms with Gasteiger partial charge in [0.25, 0.3) is 0 Å². The Morgan fingerprint density at radius 2 is 1.45 bits per heavy atom. The largest absolute Gasteiger partial charge is 0.387 e. The average Bonchev–Trinajstić information content (AvgIpc) is 2.78. The van der Waals surface area contributed by atoms with Gasteiger partial charge in [-0.25, -0.2) is 0 Å². The van der Waals surface area contributed by atoms with Crippen LogP contribution < -0.4 is 0 Å². The first-order chi connectivity index (χ1) is 15.1. The fraction of sp³-hybridized carbons (Fsp3) is 0.500. The van der Waals surface area contributed by atoms with Gasteiger partial charge in [-0.1, -0.05) is 94.3 Å². The van der Waals surface area contributed by atoms with Crippen LogP contribution in [-0.2, 0) is 0 Å². The van der Waals surface area contributed by atoms with Gasteiger partial charge in [0.15, 0.2) is 0 Å². The van der Waals surface area contributed by atoms with Crippen LogP contribution in [0.3, 0.4) is 0 Å². The molecule has 0 saturated heterocycles. The molecule has 1 N–H and O–H groups in total. The first-order valence-corrected chi connectivity index (χ1v) is 12.5. The lowest BCUT2D eigenvalue weighted by atomic mass is 9.94. The maximum atomic E-state index is 11.3. The van der Waals surface area contributed by atoms with Crippen molar-refractivity contribution in [1.29, 1.82) is 0 Å². The summed E-state index contributed by atoms with van der Waals surface area (Å²) in [6.07, 6.45) is 9.56. The molecule has 0 spiro atoms. The molecule has 3 rings (SSSR count). The second-order valence-electron chi connectivity index (χ2n) is 8.81. The number of aliphatic hydroxyl groups excluding tert-OH is 1. The van der Waals surface area contributed by atoms with Crippen LogP contribution in [0.4, 0.5) is 0 Å². The van der Waals surface area contributed by atoms with Gasteiger partial charge in [0.05, 0.1) is 6.10 Å². The van der Waals surface area contributed by atoms with Gasteiger partial charge < -0.3 is 10.0 Å². The van der Waals surface area contributed by atoms with Gasteiger partial charge in [-0.15, -0.1) is 0 Å². The molecule has 1 unspecified atom stereocenters. The molecule has 3 aromatic rings. The highest BCUT2D eigenvalue weighted by Crippen LogP contribution is 2.34. The normalized spacial score (nSPS) is 12.8. The Bertz CT molecular complexity index is 942. The topological polar surface area (TPSA) is 23.5 Å². The molecule has 0 aliphatic carbocycles. The Labute approximate surface area is 193 Å². The van der Waals surface area contributed by atoms with Crippen molar-refractivity contribution < 1.29 is 5.11 Å². The van der Waals surface area contributed by atoms with E-state index < -0.39 is 6.10 Å². The second kappa shape index (κ2) is 12.4. The Kier molecular flexibility index (Phi) is 9.64. The highest BCUT2D eigenvalue weighted by atomic mass is 35.5. The number of unbranched alkanes of at least 4 members (excludes halogenated alkanes) is 6. The van der Waals surface area contributed by atoms with E-state index in [9.17, 15) is 5.11 Å². The van der Waals surface area contributed by atoms with E-state index in [-0.39, 0.29) is 0 Å². The van der Waals surface area contributed by atoms with Crippen LogP contribution in [0.2, 0.25) is 5.02 Å². The zero-order chi connectivity index (χ0) is 22.1. The van der Waals surface area contributed by atoms with Gasteiger partial charge >= 0.3 is 0 Å². The van der Waals surface area contributed by atoms with Gasteiger partial charge in [-0.05, 0) is 71.2 Å². The lowest BCUT2D eigenvalue weighted by Crippen LogP contribution is -2.31. The zero-order valence-electron chi connectivity index (χ0n) is 19.2. The third kappa shape index (κ3) is 6.68. The molecule has 0 heterocycles. The minimum atomic E-state index is -0.509. The van der Waals surface area contributed by atoms with Gasteiger partial charge in [-0.3, -0.25) is 0 Å². The van der Waals surface area contributed by atoms with Crippen molar-refractivity contribution in [3.8, 4) is 0 Å². The molecule has 0 radical (unpaired) electrons. The molecular formula is C28H38ClNO. The summed E-state index contributed by atoms with van der Waals surface area (Å²) in [5.41, 5.74) is 1.01. The Balaban J connectivity index is 1.83. The van der Waals surface area contributed by atoms with Gasteiger partial charge in [0.1, 0.15) is 0 Å². The lowest BCUT2D eigenvalue weighted by Gasteiger charge is -2.26. The molecule has 31 heavy (non-hydrogen) atoms. The quantitative estimate of drug-likeness (QED) is 0.214. The molecule has 3 aromatic carbocycles. The summed E-state index contributed by atoms with van der Waals surface area (Å²) in [5.74, 6) is 0. The molecule has 0 aliphatic rings. The molecule has 2 nitrogen and oxygen atoms in total. The lowest BCUT2D eigenvalue weighted by molar-refractivity contribution is 0.111.